The molecule has 4 nitrogen and oxygen atoms in total. The first kappa shape index (κ1) is 20.4. The maximum Gasteiger partial charge on any atom is 0.191 e. The summed E-state index contributed by atoms with van der Waals surface area (Å²) < 4.78 is 14.0. The van der Waals surface area contributed by atoms with Gasteiger partial charge in [0.1, 0.15) is 10.8 Å². The van der Waals surface area contributed by atoms with E-state index in [1.807, 2.05) is 6.92 Å². The van der Waals surface area contributed by atoms with Gasteiger partial charge in [-0.15, -0.1) is 35.3 Å². The standard InChI is InChI=1S/C17H20ClFN4S.HI/c1-9-10(2)24-15(22-9)8-21-17(20-3)23-14-7-11(14)16-12(18)5-4-6-13(16)19;/h4-6,11,14H,7-8H2,1-3H3,(H2,20,21,23);1H. The molecule has 1 aromatic carbocycles. The average molecular weight is 495 g/mol. The van der Waals surface area contributed by atoms with Gasteiger partial charge in [-0.2, -0.15) is 0 Å². The lowest BCUT2D eigenvalue weighted by Gasteiger charge is -2.11. The van der Waals surface area contributed by atoms with Crippen LogP contribution in [0.3, 0.4) is 0 Å². The molecule has 1 aliphatic carbocycles. The van der Waals surface area contributed by atoms with Crippen molar-refractivity contribution in [1.29, 1.82) is 0 Å². The predicted molar refractivity (Wildman–Crippen MR) is 113 cm³/mol. The molecule has 0 bridgehead atoms. The van der Waals surface area contributed by atoms with Crippen LogP contribution >= 0.6 is 46.9 Å². The van der Waals surface area contributed by atoms with Crippen LogP contribution < -0.4 is 10.6 Å². The highest BCUT2D eigenvalue weighted by molar-refractivity contribution is 14.0. The molecule has 0 amide bonds. The van der Waals surface area contributed by atoms with E-state index in [2.05, 4.69) is 27.5 Å². The van der Waals surface area contributed by atoms with Crippen LogP contribution in [0.4, 0.5) is 4.39 Å². The normalized spacial score (nSPS) is 19.3. The molecule has 1 aromatic heterocycles. The molecule has 8 heteroatoms. The zero-order valence-electron chi connectivity index (χ0n) is 14.3. The minimum Gasteiger partial charge on any atom is -0.353 e. The smallest absolute Gasteiger partial charge is 0.191 e. The van der Waals surface area contributed by atoms with Gasteiger partial charge in [0.25, 0.3) is 0 Å². The van der Waals surface area contributed by atoms with Gasteiger partial charge in [-0.05, 0) is 32.4 Å². The minimum absolute atomic E-state index is 0. The lowest BCUT2D eigenvalue weighted by molar-refractivity contribution is 0.608. The zero-order chi connectivity index (χ0) is 17.3. The number of hydrogen-bond donors (Lipinski definition) is 2. The number of halogens is 3. The molecule has 0 spiro atoms. The summed E-state index contributed by atoms with van der Waals surface area (Å²) in [4.78, 5) is 9.96. The van der Waals surface area contributed by atoms with Crippen molar-refractivity contribution in [2.75, 3.05) is 7.05 Å². The summed E-state index contributed by atoms with van der Waals surface area (Å²) in [6.45, 7) is 4.70. The number of nitrogens with zero attached hydrogens (tertiary/aromatic N) is 2. The lowest BCUT2D eigenvalue weighted by Crippen LogP contribution is -2.38. The van der Waals surface area contributed by atoms with E-state index in [1.54, 1.807) is 30.5 Å². The summed E-state index contributed by atoms with van der Waals surface area (Å²) in [5, 5.41) is 8.10. The number of aryl methyl sites for hydroxylation is 2. The van der Waals surface area contributed by atoms with Crippen molar-refractivity contribution in [2.24, 2.45) is 4.99 Å². The average Bonchev–Trinajstić information content (AvgIpc) is 3.21. The van der Waals surface area contributed by atoms with Crippen molar-refractivity contribution in [1.82, 2.24) is 15.6 Å². The summed E-state index contributed by atoms with van der Waals surface area (Å²) >= 11 is 7.82. The fourth-order valence-electron chi connectivity index (χ4n) is 2.68. The number of nitrogens with one attached hydrogen (secondary N) is 2. The number of benzene rings is 1. The molecule has 25 heavy (non-hydrogen) atoms. The number of rotatable bonds is 4. The topological polar surface area (TPSA) is 49.3 Å². The molecule has 136 valence electrons. The Morgan fingerprint density at radius 2 is 2.20 bits per heavy atom. The quantitative estimate of drug-likeness (QED) is 0.376. The van der Waals surface area contributed by atoms with E-state index in [4.69, 9.17) is 11.6 Å². The second kappa shape index (κ2) is 8.64. The van der Waals surface area contributed by atoms with Crippen molar-refractivity contribution in [2.45, 2.75) is 38.8 Å². The van der Waals surface area contributed by atoms with Gasteiger partial charge in [0.2, 0.25) is 0 Å². The van der Waals surface area contributed by atoms with E-state index >= 15 is 0 Å². The van der Waals surface area contributed by atoms with E-state index in [-0.39, 0.29) is 41.8 Å². The summed E-state index contributed by atoms with van der Waals surface area (Å²) in [6.07, 6.45) is 0.844. The fourth-order valence-corrected chi connectivity index (χ4v) is 3.86. The Morgan fingerprint density at radius 3 is 2.80 bits per heavy atom. The third-order valence-corrected chi connectivity index (χ3v) is 5.59. The van der Waals surface area contributed by atoms with E-state index in [1.165, 1.54) is 10.9 Å². The largest absolute Gasteiger partial charge is 0.353 e. The van der Waals surface area contributed by atoms with Gasteiger partial charge in [0.15, 0.2) is 5.96 Å². The Bertz CT molecular complexity index is 740. The number of thiazole rings is 1. The van der Waals surface area contributed by atoms with Crippen LogP contribution in [0.25, 0.3) is 0 Å². The molecule has 1 saturated carbocycles. The van der Waals surface area contributed by atoms with Gasteiger partial charge in [-0.1, -0.05) is 17.7 Å². The Morgan fingerprint density at radius 1 is 1.44 bits per heavy atom. The van der Waals surface area contributed by atoms with Crippen LogP contribution in [0.5, 0.6) is 0 Å². The zero-order valence-corrected chi connectivity index (χ0v) is 18.2. The Balaban J connectivity index is 0.00000225. The summed E-state index contributed by atoms with van der Waals surface area (Å²) in [7, 11) is 1.72. The van der Waals surface area contributed by atoms with Crippen LogP contribution in [0.1, 0.15) is 33.5 Å². The maximum atomic E-state index is 14.0. The van der Waals surface area contributed by atoms with Gasteiger partial charge in [0, 0.05) is 34.5 Å². The van der Waals surface area contributed by atoms with Crippen molar-refractivity contribution in [3.05, 3.63) is 50.2 Å². The van der Waals surface area contributed by atoms with Gasteiger partial charge < -0.3 is 10.6 Å². The third kappa shape index (κ3) is 4.83. The van der Waals surface area contributed by atoms with E-state index in [0.29, 0.717) is 23.1 Å². The van der Waals surface area contributed by atoms with E-state index in [9.17, 15) is 4.39 Å². The first-order chi connectivity index (χ1) is 11.5. The minimum atomic E-state index is -0.242. The SMILES string of the molecule is CN=C(NCc1nc(C)c(C)s1)NC1CC1c1c(F)cccc1Cl.I. The molecule has 2 N–H and O–H groups in total. The highest BCUT2D eigenvalue weighted by Gasteiger charge is 2.41. The maximum absolute atomic E-state index is 14.0. The summed E-state index contributed by atoms with van der Waals surface area (Å²) in [6, 6.07) is 4.96. The van der Waals surface area contributed by atoms with Crippen LogP contribution in [0.15, 0.2) is 23.2 Å². The fraction of sp³-hybridized carbons (Fsp3) is 0.412. The molecule has 0 aliphatic heterocycles. The first-order valence-corrected chi connectivity index (χ1v) is 9.03. The van der Waals surface area contributed by atoms with Gasteiger partial charge >= 0.3 is 0 Å². The molecule has 2 atom stereocenters. The van der Waals surface area contributed by atoms with Crippen LogP contribution in [-0.4, -0.2) is 24.0 Å². The van der Waals surface area contributed by atoms with Crippen molar-refractivity contribution < 1.29 is 4.39 Å². The van der Waals surface area contributed by atoms with Gasteiger partial charge in [0.05, 0.1) is 12.2 Å². The third-order valence-electron chi connectivity index (χ3n) is 4.19. The number of guanidine groups is 1. The number of aliphatic imine (C=N–C) groups is 1. The van der Waals surface area contributed by atoms with Crippen LogP contribution in [-0.2, 0) is 6.54 Å². The lowest BCUT2D eigenvalue weighted by atomic mass is 10.1. The van der Waals surface area contributed by atoms with Crippen molar-refractivity contribution >= 4 is 52.9 Å². The molecule has 1 aliphatic rings. The van der Waals surface area contributed by atoms with Crippen LogP contribution in [0.2, 0.25) is 5.02 Å². The Hall–Kier alpha value is -0.930. The molecular formula is C17H21ClFIN4S. The van der Waals surface area contributed by atoms with Gasteiger partial charge in [-0.3, -0.25) is 4.99 Å². The molecular weight excluding hydrogens is 474 g/mol. The van der Waals surface area contributed by atoms with Crippen molar-refractivity contribution in [3.8, 4) is 0 Å². The first-order valence-electron chi connectivity index (χ1n) is 7.83. The van der Waals surface area contributed by atoms with Crippen molar-refractivity contribution in [3.63, 3.8) is 0 Å². The highest BCUT2D eigenvalue weighted by atomic mass is 127. The second-order valence-electron chi connectivity index (χ2n) is 5.90. The van der Waals surface area contributed by atoms with E-state index < -0.39 is 0 Å². The molecule has 1 heterocycles. The monoisotopic (exact) mass is 494 g/mol. The molecule has 0 radical (unpaired) electrons. The molecule has 2 unspecified atom stereocenters. The Labute approximate surface area is 173 Å². The van der Waals surface area contributed by atoms with E-state index in [0.717, 1.165) is 17.1 Å². The number of aromatic nitrogens is 1. The Kier molecular flexibility index (Phi) is 7.04. The van der Waals surface area contributed by atoms with Gasteiger partial charge in [-0.25, -0.2) is 9.37 Å². The summed E-state index contributed by atoms with van der Waals surface area (Å²) in [5.74, 6) is 0.538. The second-order valence-corrected chi connectivity index (χ2v) is 7.60. The molecule has 3 rings (SSSR count). The number of hydrogen-bond acceptors (Lipinski definition) is 3. The predicted octanol–water partition coefficient (Wildman–Crippen LogP) is 4.39. The van der Waals surface area contributed by atoms with Crippen LogP contribution in [0, 0.1) is 19.7 Å². The molecule has 0 saturated heterocycles. The molecule has 2 aromatic rings. The highest BCUT2D eigenvalue weighted by Crippen LogP contribution is 2.44. The summed E-state index contributed by atoms with van der Waals surface area (Å²) in [5.41, 5.74) is 1.66. The molecule has 1 fully saturated rings.